The lowest BCUT2D eigenvalue weighted by Gasteiger charge is -2.07. The molecule has 1 amide bonds. The summed E-state index contributed by atoms with van der Waals surface area (Å²) < 4.78 is 1.68. The molecule has 1 aromatic heterocycles. The number of aromatic nitrogens is 4. The molecular formula is C12H16N6OS. The third-order valence-corrected chi connectivity index (χ3v) is 3.83. The van der Waals surface area contributed by atoms with Crippen LogP contribution in [0.1, 0.15) is 21.5 Å². The number of nitrogens with two attached hydrogens (primary N) is 2. The average Bonchev–Trinajstić information content (AvgIpc) is 2.85. The lowest BCUT2D eigenvalue weighted by atomic mass is 10.1. The van der Waals surface area contributed by atoms with Crippen LogP contribution in [0, 0.1) is 6.92 Å². The van der Waals surface area contributed by atoms with E-state index in [1.165, 1.54) is 11.8 Å². The van der Waals surface area contributed by atoms with Gasteiger partial charge >= 0.3 is 0 Å². The highest BCUT2D eigenvalue weighted by Gasteiger charge is 2.09. The average molecular weight is 292 g/mol. The van der Waals surface area contributed by atoms with E-state index in [-0.39, 0.29) is 0 Å². The van der Waals surface area contributed by atoms with Crippen LogP contribution in [-0.2, 0) is 12.3 Å². The number of carbonyl (C=O) groups excluding carboxylic acids is 1. The van der Waals surface area contributed by atoms with Gasteiger partial charge in [0, 0.05) is 17.9 Å². The van der Waals surface area contributed by atoms with E-state index < -0.39 is 5.91 Å². The van der Waals surface area contributed by atoms with E-state index in [1.54, 1.807) is 16.8 Å². The second kappa shape index (κ2) is 6.49. The molecule has 4 N–H and O–H groups in total. The molecule has 0 spiro atoms. The van der Waals surface area contributed by atoms with Gasteiger partial charge in [0.2, 0.25) is 11.1 Å². The van der Waals surface area contributed by atoms with E-state index in [1.807, 2.05) is 13.0 Å². The van der Waals surface area contributed by atoms with E-state index in [0.717, 1.165) is 22.0 Å². The number of benzene rings is 1. The van der Waals surface area contributed by atoms with Crippen molar-refractivity contribution in [3.63, 3.8) is 0 Å². The highest BCUT2D eigenvalue weighted by Crippen LogP contribution is 2.22. The number of aryl methyl sites for hydroxylation is 1. The van der Waals surface area contributed by atoms with Crippen LogP contribution in [-0.4, -0.2) is 32.7 Å². The van der Waals surface area contributed by atoms with E-state index in [9.17, 15) is 4.79 Å². The third kappa shape index (κ3) is 3.34. The molecule has 0 atom stereocenters. The number of tetrazole rings is 1. The fourth-order valence-corrected chi connectivity index (χ4v) is 2.70. The Balaban J connectivity index is 2.07. The maximum absolute atomic E-state index is 11.1. The van der Waals surface area contributed by atoms with Gasteiger partial charge in [-0.25, -0.2) is 4.68 Å². The standard InChI is InChI=1S/C12H16N6OS/c1-8-6-9(11(14)19)2-3-10(8)7-20-12-15-16-17-18(12)5-4-13/h2-3,6H,4-5,7,13H2,1H3,(H2,14,19). The Morgan fingerprint density at radius 2 is 2.25 bits per heavy atom. The molecule has 1 aromatic carbocycles. The number of carbonyl (C=O) groups is 1. The lowest BCUT2D eigenvalue weighted by Crippen LogP contribution is -2.12. The van der Waals surface area contributed by atoms with E-state index in [0.29, 0.717) is 18.7 Å². The summed E-state index contributed by atoms with van der Waals surface area (Å²) >= 11 is 1.53. The fraction of sp³-hybridized carbons (Fsp3) is 0.333. The third-order valence-electron chi connectivity index (χ3n) is 2.82. The minimum atomic E-state index is -0.417. The topological polar surface area (TPSA) is 113 Å². The smallest absolute Gasteiger partial charge is 0.248 e. The maximum atomic E-state index is 11.1. The molecule has 0 aliphatic carbocycles. The number of primary amides is 1. The predicted octanol–water partition coefficient (Wildman–Crippen LogP) is 0.331. The molecule has 0 aliphatic rings. The van der Waals surface area contributed by atoms with Crippen molar-refractivity contribution in [2.75, 3.05) is 6.54 Å². The summed E-state index contributed by atoms with van der Waals surface area (Å²) in [4.78, 5) is 11.1. The second-order valence-electron chi connectivity index (χ2n) is 4.27. The van der Waals surface area contributed by atoms with Crippen LogP contribution in [0.3, 0.4) is 0 Å². The van der Waals surface area contributed by atoms with Gasteiger partial charge in [0.25, 0.3) is 0 Å². The number of amides is 1. The van der Waals surface area contributed by atoms with Crippen LogP contribution in [0.15, 0.2) is 23.4 Å². The second-order valence-corrected chi connectivity index (χ2v) is 5.21. The first-order valence-corrected chi connectivity index (χ1v) is 7.08. The maximum Gasteiger partial charge on any atom is 0.248 e. The number of thioether (sulfide) groups is 1. The first-order chi connectivity index (χ1) is 9.61. The summed E-state index contributed by atoms with van der Waals surface area (Å²) in [5.74, 6) is 0.301. The molecule has 0 radical (unpaired) electrons. The van der Waals surface area contributed by atoms with Crippen molar-refractivity contribution in [2.45, 2.75) is 24.4 Å². The van der Waals surface area contributed by atoms with Gasteiger partial charge in [0.1, 0.15) is 0 Å². The Morgan fingerprint density at radius 1 is 1.45 bits per heavy atom. The van der Waals surface area contributed by atoms with Crippen molar-refractivity contribution in [3.05, 3.63) is 34.9 Å². The summed E-state index contributed by atoms with van der Waals surface area (Å²) in [6, 6.07) is 5.43. The summed E-state index contributed by atoms with van der Waals surface area (Å²) in [6.07, 6.45) is 0. The highest BCUT2D eigenvalue weighted by atomic mass is 32.2. The largest absolute Gasteiger partial charge is 0.366 e. The molecule has 0 unspecified atom stereocenters. The fourth-order valence-electron chi connectivity index (χ4n) is 1.72. The van der Waals surface area contributed by atoms with Crippen LogP contribution in [0.5, 0.6) is 0 Å². The van der Waals surface area contributed by atoms with Crippen LogP contribution in [0.25, 0.3) is 0 Å². The first-order valence-electron chi connectivity index (χ1n) is 6.10. The van der Waals surface area contributed by atoms with Crippen molar-refractivity contribution < 1.29 is 4.79 Å². The van der Waals surface area contributed by atoms with Crippen molar-refractivity contribution in [1.29, 1.82) is 0 Å². The van der Waals surface area contributed by atoms with Crippen molar-refractivity contribution in [2.24, 2.45) is 11.5 Å². The summed E-state index contributed by atoms with van der Waals surface area (Å²) in [5.41, 5.74) is 13.4. The zero-order chi connectivity index (χ0) is 14.5. The molecule has 2 aromatic rings. The number of nitrogens with zero attached hydrogens (tertiary/aromatic N) is 4. The normalized spacial score (nSPS) is 10.7. The minimum absolute atomic E-state index is 0.417. The van der Waals surface area contributed by atoms with Gasteiger partial charge in [0.15, 0.2) is 0 Å². The molecule has 20 heavy (non-hydrogen) atoms. The molecule has 1 heterocycles. The first kappa shape index (κ1) is 14.5. The van der Waals surface area contributed by atoms with Gasteiger partial charge < -0.3 is 11.5 Å². The Morgan fingerprint density at radius 3 is 2.90 bits per heavy atom. The highest BCUT2D eigenvalue weighted by molar-refractivity contribution is 7.98. The van der Waals surface area contributed by atoms with Gasteiger partial charge in [0.05, 0.1) is 6.54 Å². The quantitative estimate of drug-likeness (QED) is 0.742. The SMILES string of the molecule is Cc1cc(C(N)=O)ccc1CSc1nnnn1CCN. The monoisotopic (exact) mass is 292 g/mol. The van der Waals surface area contributed by atoms with Gasteiger partial charge in [-0.15, -0.1) is 5.10 Å². The molecule has 0 saturated carbocycles. The van der Waals surface area contributed by atoms with Crippen LogP contribution in [0.4, 0.5) is 0 Å². The predicted molar refractivity (Wildman–Crippen MR) is 76.1 cm³/mol. The number of hydrogen-bond acceptors (Lipinski definition) is 6. The Labute approximate surface area is 120 Å². The Hall–Kier alpha value is -1.93. The molecule has 0 aliphatic heterocycles. The molecule has 2 rings (SSSR count). The molecule has 8 heteroatoms. The number of rotatable bonds is 6. The van der Waals surface area contributed by atoms with Crippen LogP contribution >= 0.6 is 11.8 Å². The Bertz CT molecular complexity index is 612. The summed E-state index contributed by atoms with van der Waals surface area (Å²) in [6.45, 7) is 3.03. The lowest BCUT2D eigenvalue weighted by molar-refractivity contribution is 0.1000. The van der Waals surface area contributed by atoms with E-state index in [4.69, 9.17) is 11.5 Å². The molecule has 7 nitrogen and oxygen atoms in total. The molecule has 106 valence electrons. The van der Waals surface area contributed by atoms with Crippen molar-refractivity contribution >= 4 is 17.7 Å². The van der Waals surface area contributed by atoms with Gasteiger partial charge in [-0.05, 0) is 40.6 Å². The summed E-state index contributed by atoms with van der Waals surface area (Å²) in [5, 5.41) is 12.2. The molecule has 0 fully saturated rings. The molecule has 0 saturated heterocycles. The molecular weight excluding hydrogens is 276 g/mol. The van der Waals surface area contributed by atoms with Gasteiger partial charge in [-0.1, -0.05) is 17.8 Å². The van der Waals surface area contributed by atoms with Crippen LogP contribution in [0.2, 0.25) is 0 Å². The van der Waals surface area contributed by atoms with Gasteiger partial charge in [-0.3, -0.25) is 4.79 Å². The minimum Gasteiger partial charge on any atom is -0.366 e. The summed E-state index contributed by atoms with van der Waals surface area (Å²) in [7, 11) is 0. The van der Waals surface area contributed by atoms with Gasteiger partial charge in [-0.2, -0.15) is 0 Å². The van der Waals surface area contributed by atoms with Crippen molar-refractivity contribution in [1.82, 2.24) is 20.2 Å². The van der Waals surface area contributed by atoms with E-state index in [2.05, 4.69) is 15.5 Å². The Kier molecular flexibility index (Phi) is 4.70. The van der Waals surface area contributed by atoms with Crippen LogP contribution < -0.4 is 11.5 Å². The molecule has 0 bridgehead atoms. The zero-order valence-corrected chi connectivity index (χ0v) is 11.9. The number of hydrogen-bond donors (Lipinski definition) is 2. The van der Waals surface area contributed by atoms with E-state index >= 15 is 0 Å². The zero-order valence-electron chi connectivity index (χ0n) is 11.1. The van der Waals surface area contributed by atoms with Crippen molar-refractivity contribution in [3.8, 4) is 0 Å².